The van der Waals surface area contributed by atoms with Crippen LogP contribution in [0.2, 0.25) is 0 Å². The summed E-state index contributed by atoms with van der Waals surface area (Å²) in [4.78, 5) is 11.0. The van der Waals surface area contributed by atoms with Crippen molar-refractivity contribution in [1.29, 1.82) is 0 Å². The Bertz CT molecular complexity index is 203. The van der Waals surface area contributed by atoms with Crippen LogP contribution >= 0.6 is 0 Å². The van der Waals surface area contributed by atoms with Crippen LogP contribution in [-0.2, 0) is 14.3 Å². The Morgan fingerprint density at radius 2 is 2.00 bits per heavy atom. The molecule has 4 nitrogen and oxygen atoms in total. The van der Waals surface area contributed by atoms with Crippen molar-refractivity contribution in [2.75, 3.05) is 26.3 Å². The van der Waals surface area contributed by atoms with Crippen LogP contribution in [0, 0.1) is 0 Å². The van der Waals surface area contributed by atoms with E-state index in [1.165, 1.54) is 32.1 Å². The Kier molecular flexibility index (Phi) is 8.01. The van der Waals surface area contributed by atoms with Crippen molar-refractivity contribution in [2.24, 2.45) is 0 Å². The van der Waals surface area contributed by atoms with E-state index in [-0.39, 0.29) is 5.97 Å². The van der Waals surface area contributed by atoms with Gasteiger partial charge in [-0.15, -0.1) is 0 Å². The highest BCUT2D eigenvalue weighted by molar-refractivity contribution is 5.69. The minimum absolute atomic E-state index is 0.131. The smallest absolute Gasteiger partial charge is 0.307 e. The van der Waals surface area contributed by atoms with E-state index in [0.717, 1.165) is 13.2 Å². The molecule has 0 spiro atoms. The number of nitrogens with one attached hydrogen (secondary N) is 1. The van der Waals surface area contributed by atoms with Gasteiger partial charge in [0.25, 0.3) is 0 Å². The Balaban J connectivity index is 1.85. The fraction of sp³-hybridized carbons (Fsp3) is 0.923. The maximum atomic E-state index is 11.0. The van der Waals surface area contributed by atoms with Gasteiger partial charge in [0.15, 0.2) is 0 Å². The third-order valence-corrected chi connectivity index (χ3v) is 3.00. The molecular weight excluding hydrogens is 218 g/mol. The summed E-state index contributed by atoms with van der Waals surface area (Å²) in [5, 5.41) is 3.19. The Labute approximate surface area is 104 Å². The molecule has 1 aliphatic carbocycles. The second-order valence-electron chi connectivity index (χ2n) is 4.44. The molecule has 0 atom stereocenters. The van der Waals surface area contributed by atoms with Gasteiger partial charge in [0.1, 0.15) is 0 Å². The third kappa shape index (κ3) is 7.34. The van der Waals surface area contributed by atoms with Crippen molar-refractivity contribution < 1.29 is 14.3 Å². The second kappa shape index (κ2) is 9.42. The van der Waals surface area contributed by atoms with Crippen molar-refractivity contribution in [1.82, 2.24) is 5.32 Å². The largest absolute Gasteiger partial charge is 0.466 e. The minimum Gasteiger partial charge on any atom is -0.466 e. The molecule has 0 heterocycles. The monoisotopic (exact) mass is 243 g/mol. The molecule has 1 aliphatic rings. The average molecular weight is 243 g/mol. The third-order valence-electron chi connectivity index (χ3n) is 3.00. The molecule has 0 aromatic carbocycles. The Morgan fingerprint density at radius 1 is 1.24 bits per heavy atom. The van der Waals surface area contributed by atoms with Crippen molar-refractivity contribution >= 4 is 5.97 Å². The standard InChI is InChI=1S/C13H25NO3/c1-2-16-13(15)8-9-14-10-11-17-12-6-4-3-5-7-12/h12,14H,2-11H2,1H3. The SMILES string of the molecule is CCOC(=O)CCNCCOC1CCCCC1. The molecule has 1 rings (SSSR count). The van der Waals surface area contributed by atoms with Crippen molar-refractivity contribution in [3.8, 4) is 0 Å². The summed E-state index contributed by atoms with van der Waals surface area (Å²) >= 11 is 0. The number of carbonyl (C=O) groups excluding carboxylic acids is 1. The van der Waals surface area contributed by atoms with Crippen LogP contribution in [0.5, 0.6) is 0 Å². The summed E-state index contributed by atoms with van der Waals surface area (Å²) in [7, 11) is 0. The summed E-state index contributed by atoms with van der Waals surface area (Å²) < 4.78 is 10.6. The summed E-state index contributed by atoms with van der Waals surface area (Å²) in [6, 6.07) is 0. The minimum atomic E-state index is -0.131. The Hall–Kier alpha value is -0.610. The van der Waals surface area contributed by atoms with Gasteiger partial charge >= 0.3 is 5.97 Å². The molecule has 0 bridgehead atoms. The molecule has 0 radical (unpaired) electrons. The summed E-state index contributed by atoms with van der Waals surface area (Å²) in [6.07, 6.45) is 7.30. The van der Waals surface area contributed by atoms with Crippen LogP contribution < -0.4 is 5.32 Å². The number of rotatable bonds is 8. The normalized spacial score (nSPS) is 17.0. The fourth-order valence-corrected chi connectivity index (χ4v) is 2.08. The van der Waals surface area contributed by atoms with E-state index in [1.807, 2.05) is 6.92 Å². The predicted molar refractivity (Wildman–Crippen MR) is 66.9 cm³/mol. The Morgan fingerprint density at radius 3 is 2.71 bits per heavy atom. The fourth-order valence-electron chi connectivity index (χ4n) is 2.08. The topological polar surface area (TPSA) is 47.6 Å². The lowest BCUT2D eigenvalue weighted by Crippen LogP contribution is -2.26. The average Bonchev–Trinajstić information content (AvgIpc) is 2.35. The summed E-state index contributed by atoms with van der Waals surface area (Å²) in [6.45, 7) is 4.52. The molecule has 0 aromatic heterocycles. The zero-order chi connectivity index (χ0) is 12.3. The molecule has 0 saturated heterocycles. The van der Waals surface area contributed by atoms with Gasteiger partial charge in [-0.1, -0.05) is 19.3 Å². The van der Waals surface area contributed by atoms with Crippen molar-refractivity contribution in [3.63, 3.8) is 0 Å². The van der Waals surface area contributed by atoms with E-state index in [4.69, 9.17) is 9.47 Å². The van der Waals surface area contributed by atoms with Gasteiger partial charge in [-0.3, -0.25) is 4.79 Å². The molecule has 0 aliphatic heterocycles. The van der Waals surface area contributed by atoms with Crippen LogP contribution in [0.1, 0.15) is 45.4 Å². The zero-order valence-electron chi connectivity index (χ0n) is 10.9. The highest BCUT2D eigenvalue weighted by atomic mass is 16.5. The van der Waals surface area contributed by atoms with Gasteiger partial charge in [0.05, 0.1) is 25.7 Å². The summed E-state index contributed by atoms with van der Waals surface area (Å²) in [5.41, 5.74) is 0. The van der Waals surface area contributed by atoms with Crippen LogP contribution in [0.4, 0.5) is 0 Å². The number of hydrogen-bond donors (Lipinski definition) is 1. The van der Waals surface area contributed by atoms with Crippen molar-refractivity contribution in [3.05, 3.63) is 0 Å². The van der Waals surface area contributed by atoms with E-state index in [0.29, 0.717) is 25.7 Å². The maximum absolute atomic E-state index is 11.0. The molecule has 0 unspecified atom stereocenters. The lowest BCUT2D eigenvalue weighted by molar-refractivity contribution is -0.142. The quantitative estimate of drug-likeness (QED) is 0.522. The molecule has 100 valence electrons. The van der Waals surface area contributed by atoms with Gasteiger partial charge in [0, 0.05) is 13.1 Å². The molecule has 1 fully saturated rings. The number of hydrogen-bond acceptors (Lipinski definition) is 4. The first-order valence-electron chi connectivity index (χ1n) is 6.81. The lowest BCUT2D eigenvalue weighted by Gasteiger charge is -2.21. The number of ether oxygens (including phenoxy) is 2. The number of esters is 1. The lowest BCUT2D eigenvalue weighted by atomic mass is 9.98. The first-order chi connectivity index (χ1) is 8.33. The molecule has 1 saturated carbocycles. The molecule has 1 N–H and O–H groups in total. The van der Waals surface area contributed by atoms with Gasteiger partial charge in [0.2, 0.25) is 0 Å². The van der Waals surface area contributed by atoms with Gasteiger partial charge in [-0.2, -0.15) is 0 Å². The molecular formula is C13H25NO3. The van der Waals surface area contributed by atoms with Crippen LogP contribution in [0.3, 0.4) is 0 Å². The maximum Gasteiger partial charge on any atom is 0.307 e. The van der Waals surface area contributed by atoms with Crippen LogP contribution in [0.25, 0.3) is 0 Å². The van der Waals surface area contributed by atoms with E-state index in [9.17, 15) is 4.79 Å². The predicted octanol–water partition coefficient (Wildman–Crippen LogP) is 1.88. The van der Waals surface area contributed by atoms with E-state index < -0.39 is 0 Å². The highest BCUT2D eigenvalue weighted by Crippen LogP contribution is 2.19. The van der Waals surface area contributed by atoms with Crippen LogP contribution in [-0.4, -0.2) is 38.4 Å². The van der Waals surface area contributed by atoms with E-state index in [1.54, 1.807) is 0 Å². The molecule has 0 amide bonds. The molecule has 17 heavy (non-hydrogen) atoms. The first kappa shape index (κ1) is 14.5. The van der Waals surface area contributed by atoms with E-state index >= 15 is 0 Å². The van der Waals surface area contributed by atoms with Crippen molar-refractivity contribution in [2.45, 2.75) is 51.6 Å². The molecule has 0 aromatic rings. The van der Waals surface area contributed by atoms with E-state index in [2.05, 4.69) is 5.32 Å². The summed E-state index contributed by atoms with van der Waals surface area (Å²) in [5.74, 6) is -0.131. The zero-order valence-corrected chi connectivity index (χ0v) is 10.9. The highest BCUT2D eigenvalue weighted by Gasteiger charge is 2.12. The van der Waals surface area contributed by atoms with Crippen LogP contribution in [0.15, 0.2) is 0 Å². The van der Waals surface area contributed by atoms with Gasteiger partial charge < -0.3 is 14.8 Å². The van der Waals surface area contributed by atoms with Gasteiger partial charge in [-0.05, 0) is 19.8 Å². The molecule has 4 heteroatoms. The number of carbonyl (C=O) groups is 1. The second-order valence-corrected chi connectivity index (χ2v) is 4.44. The van der Waals surface area contributed by atoms with Gasteiger partial charge in [-0.25, -0.2) is 0 Å². The first-order valence-corrected chi connectivity index (χ1v) is 6.81.